The van der Waals surface area contributed by atoms with Gasteiger partial charge in [0, 0.05) is 5.56 Å². The fraction of sp³-hybridized carbons (Fsp3) is 0.364. The first kappa shape index (κ1) is 10.2. The van der Waals surface area contributed by atoms with Crippen LogP contribution in [0.3, 0.4) is 0 Å². The zero-order chi connectivity index (χ0) is 10.8. The summed E-state index contributed by atoms with van der Waals surface area (Å²) in [6.45, 7) is 4.26. The second-order valence-corrected chi connectivity index (χ2v) is 4.56. The molecule has 0 saturated carbocycles. The van der Waals surface area contributed by atoms with Crippen LogP contribution < -0.4 is 5.73 Å². The van der Waals surface area contributed by atoms with E-state index >= 15 is 0 Å². The lowest BCUT2D eigenvalue weighted by molar-refractivity contribution is 0.927. The highest BCUT2D eigenvalue weighted by Crippen LogP contribution is 2.32. The minimum absolute atomic E-state index is 0.639. The zero-order valence-corrected chi connectivity index (χ0v) is 9.82. The fourth-order valence-electron chi connectivity index (χ4n) is 1.70. The third kappa shape index (κ3) is 1.77. The summed E-state index contributed by atoms with van der Waals surface area (Å²) in [6.07, 6.45) is 2.07. The van der Waals surface area contributed by atoms with Gasteiger partial charge < -0.3 is 5.73 Å². The van der Waals surface area contributed by atoms with Crippen molar-refractivity contribution in [3.8, 4) is 10.6 Å². The minimum Gasteiger partial charge on any atom is -0.382 e. The number of rotatable bonds is 3. The van der Waals surface area contributed by atoms with E-state index in [0.717, 1.165) is 24.1 Å². The average Bonchev–Trinajstić information content (AvgIpc) is 2.76. The van der Waals surface area contributed by atoms with Crippen molar-refractivity contribution in [3.63, 3.8) is 0 Å². The maximum absolute atomic E-state index is 5.85. The van der Waals surface area contributed by atoms with E-state index < -0.39 is 0 Å². The molecule has 3 nitrogen and oxygen atoms in total. The molecule has 0 atom stereocenters. The first-order chi connectivity index (χ1) is 7.24. The lowest BCUT2D eigenvalue weighted by Crippen LogP contribution is -1.92. The Balaban J connectivity index is 2.49. The molecule has 0 unspecified atom stereocenters. The van der Waals surface area contributed by atoms with Crippen molar-refractivity contribution in [1.82, 2.24) is 10.2 Å². The fourth-order valence-corrected chi connectivity index (χ4v) is 2.65. The van der Waals surface area contributed by atoms with Crippen LogP contribution in [0.1, 0.15) is 24.5 Å². The highest BCUT2D eigenvalue weighted by Gasteiger charge is 2.14. The van der Waals surface area contributed by atoms with E-state index in [1.54, 1.807) is 11.3 Å². The molecule has 2 aromatic rings. The van der Waals surface area contributed by atoms with Crippen LogP contribution in [0.25, 0.3) is 10.6 Å². The lowest BCUT2D eigenvalue weighted by Gasteiger charge is -2.01. The van der Waals surface area contributed by atoms with Crippen LogP contribution in [0.2, 0.25) is 0 Å². The number of aryl methyl sites for hydroxylation is 1. The van der Waals surface area contributed by atoms with E-state index in [0.29, 0.717) is 5.82 Å². The smallest absolute Gasteiger partial charge is 0.149 e. The monoisotopic (exact) mass is 221 g/mol. The predicted molar refractivity (Wildman–Crippen MR) is 65.0 cm³/mol. The number of hydrogen-bond acceptors (Lipinski definition) is 3. The van der Waals surface area contributed by atoms with E-state index in [1.807, 2.05) is 0 Å². The molecule has 0 bridgehead atoms. The van der Waals surface area contributed by atoms with Gasteiger partial charge in [-0.3, -0.25) is 5.10 Å². The molecule has 0 radical (unpaired) electrons. The predicted octanol–water partition coefficient (Wildman–Crippen LogP) is 2.98. The Bertz CT molecular complexity index is 456. The molecule has 80 valence electrons. The summed E-state index contributed by atoms with van der Waals surface area (Å²) in [4.78, 5) is 1.25. The molecule has 2 rings (SSSR count). The Hall–Kier alpha value is -1.29. The third-order valence-corrected chi connectivity index (χ3v) is 3.52. The van der Waals surface area contributed by atoms with Crippen molar-refractivity contribution in [3.05, 3.63) is 22.6 Å². The van der Waals surface area contributed by atoms with Gasteiger partial charge in [-0.25, -0.2) is 0 Å². The number of anilines is 1. The van der Waals surface area contributed by atoms with Crippen LogP contribution >= 0.6 is 11.3 Å². The summed E-state index contributed by atoms with van der Waals surface area (Å²) < 4.78 is 0. The second-order valence-electron chi connectivity index (χ2n) is 3.65. The number of thiophene rings is 1. The van der Waals surface area contributed by atoms with E-state index in [1.165, 1.54) is 10.4 Å². The maximum atomic E-state index is 5.85. The van der Waals surface area contributed by atoms with Crippen molar-refractivity contribution >= 4 is 17.2 Å². The van der Waals surface area contributed by atoms with Crippen molar-refractivity contribution < 1.29 is 0 Å². The highest BCUT2D eigenvalue weighted by atomic mass is 32.1. The SMILES string of the molecule is CCCc1c(N)n[nH]c1-c1sccc1C. The molecular formula is C11H15N3S. The molecule has 0 amide bonds. The van der Waals surface area contributed by atoms with Gasteiger partial charge in [0.2, 0.25) is 0 Å². The first-order valence-corrected chi connectivity index (χ1v) is 5.99. The molecular weight excluding hydrogens is 206 g/mol. The van der Waals surface area contributed by atoms with Gasteiger partial charge in [-0.05, 0) is 30.4 Å². The molecule has 2 heterocycles. The zero-order valence-electron chi connectivity index (χ0n) is 9.00. The summed E-state index contributed by atoms with van der Waals surface area (Å²) in [6, 6.07) is 2.12. The van der Waals surface area contributed by atoms with Gasteiger partial charge in [0.1, 0.15) is 5.82 Å². The van der Waals surface area contributed by atoms with Crippen molar-refractivity contribution in [2.24, 2.45) is 0 Å². The van der Waals surface area contributed by atoms with E-state index in [4.69, 9.17) is 5.73 Å². The number of aromatic amines is 1. The minimum atomic E-state index is 0.639. The molecule has 15 heavy (non-hydrogen) atoms. The Morgan fingerprint density at radius 2 is 2.33 bits per heavy atom. The van der Waals surface area contributed by atoms with Gasteiger partial charge in [0.25, 0.3) is 0 Å². The van der Waals surface area contributed by atoms with Crippen LogP contribution in [-0.2, 0) is 6.42 Å². The first-order valence-electron chi connectivity index (χ1n) is 5.11. The molecule has 2 aromatic heterocycles. The quantitative estimate of drug-likeness (QED) is 0.837. The van der Waals surface area contributed by atoms with Crippen molar-refractivity contribution in [2.75, 3.05) is 5.73 Å². The van der Waals surface area contributed by atoms with Crippen molar-refractivity contribution in [1.29, 1.82) is 0 Å². The average molecular weight is 221 g/mol. The van der Waals surface area contributed by atoms with E-state index in [2.05, 4.69) is 35.5 Å². The van der Waals surface area contributed by atoms with E-state index in [9.17, 15) is 0 Å². The standard InChI is InChI=1S/C11H15N3S/c1-3-4-8-9(13-14-11(8)12)10-7(2)5-6-15-10/h5-6H,3-4H2,1-2H3,(H3,12,13,14). The molecule has 3 N–H and O–H groups in total. The van der Waals surface area contributed by atoms with Crippen LogP contribution in [0, 0.1) is 6.92 Å². The maximum Gasteiger partial charge on any atom is 0.149 e. The van der Waals surface area contributed by atoms with Crippen LogP contribution in [-0.4, -0.2) is 10.2 Å². The van der Waals surface area contributed by atoms with Gasteiger partial charge in [-0.15, -0.1) is 11.3 Å². The van der Waals surface area contributed by atoms with Crippen LogP contribution in [0.4, 0.5) is 5.82 Å². The molecule has 0 aliphatic heterocycles. The van der Waals surface area contributed by atoms with Gasteiger partial charge in [-0.1, -0.05) is 13.3 Å². The number of nitrogens with one attached hydrogen (secondary N) is 1. The van der Waals surface area contributed by atoms with Crippen LogP contribution in [0.5, 0.6) is 0 Å². The van der Waals surface area contributed by atoms with Gasteiger partial charge in [0.05, 0.1) is 10.6 Å². The summed E-state index contributed by atoms with van der Waals surface area (Å²) in [5.41, 5.74) is 9.38. The van der Waals surface area contributed by atoms with Gasteiger partial charge >= 0.3 is 0 Å². The molecule has 4 heteroatoms. The number of nitrogens with zero attached hydrogens (tertiary/aromatic N) is 1. The summed E-state index contributed by atoms with van der Waals surface area (Å²) >= 11 is 1.73. The topological polar surface area (TPSA) is 54.7 Å². The number of nitrogens with two attached hydrogens (primary N) is 1. The molecule has 0 saturated heterocycles. The largest absolute Gasteiger partial charge is 0.382 e. The number of hydrogen-bond donors (Lipinski definition) is 2. The highest BCUT2D eigenvalue weighted by molar-refractivity contribution is 7.13. The molecule has 0 spiro atoms. The molecule has 0 aliphatic rings. The number of nitrogen functional groups attached to an aromatic ring is 1. The third-order valence-electron chi connectivity index (χ3n) is 2.49. The molecule has 0 aromatic carbocycles. The van der Waals surface area contributed by atoms with Crippen LogP contribution in [0.15, 0.2) is 11.4 Å². The Kier molecular flexibility index (Phi) is 2.77. The molecule has 0 fully saturated rings. The van der Waals surface area contributed by atoms with Crippen molar-refractivity contribution in [2.45, 2.75) is 26.7 Å². The second kappa shape index (κ2) is 4.06. The Morgan fingerprint density at radius 3 is 2.93 bits per heavy atom. The normalized spacial score (nSPS) is 10.8. The Morgan fingerprint density at radius 1 is 1.53 bits per heavy atom. The lowest BCUT2D eigenvalue weighted by atomic mass is 10.1. The number of aromatic nitrogens is 2. The van der Waals surface area contributed by atoms with Gasteiger partial charge in [-0.2, -0.15) is 5.10 Å². The summed E-state index contributed by atoms with van der Waals surface area (Å²) in [5.74, 6) is 0.639. The number of H-pyrrole nitrogens is 1. The summed E-state index contributed by atoms with van der Waals surface area (Å²) in [5, 5.41) is 9.22. The van der Waals surface area contributed by atoms with E-state index in [-0.39, 0.29) is 0 Å². The van der Waals surface area contributed by atoms with Gasteiger partial charge in [0.15, 0.2) is 0 Å². The Labute approximate surface area is 93.3 Å². The summed E-state index contributed by atoms with van der Waals surface area (Å²) in [7, 11) is 0. The molecule has 0 aliphatic carbocycles.